The van der Waals surface area contributed by atoms with Crippen LogP contribution in [0.4, 0.5) is 18.9 Å². The Morgan fingerprint density at radius 2 is 1.52 bits per heavy atom. The molecule has 1 N–H and O–H groups in total. The SMILES string of the molecule is COc1ccc(S(=O)(=O)Nc2cc(F)c(F)c(F)c2)cc1. The zero-order valence-electron chi connectivity index (χ0n) is 10.7. The Morgan fingerprint density at radius 3 is 2.00 bits per heavy atom. The number of hydrogen-bond donors (Lipinski definition) is 1. The second-order valence-electron chi connectivity index (χ2n) is 4.03. The van der Waals surface area contributed by atoms with Gasteiger partial charge in [0.05, 0.1) is 17.7 Å². The van der Waals surface area contributed by atoms with Crippen LogP contribution in [0.1, 0.15) is 0 Å². The molecule has 0 saturated heterocycles. The molecule has 0 amide bonds. The third-order valence-electron chi connectivity index (χ3n) is 2.61. The molecule has 0 saturated carbocycles. The maximum atomic E-state index is 13.1. The smallest absolute Gasteiger partial charge is 0.261 e. The van der Waals surface area contributed by atoms with E-state index >= 15 is 0 Å². The summed E-state index contributed by atoms with van der Waals surface area (Å²) in [5, 5.41) is 0. The maximum Gasteiger partial charge on any atom is 0.261 e. The van der Waals surface area contributed by atoms with Gasteiger partial charge in [0.25, 0.3) is 10.0 Å². The lowest BCUT2D eigenvalue weighted by molar-refractivity contribution is 0.414. The third kappa shape index (κ3) is 3.27. The number of sulfonamides is 1. The van der Waals surface area contributed by atoms with Crippen LogP contribution in [0.3, 0.4) is 0 Å². The van der Waals surface area contributed by atoms with Crippen LogP contribution in [-0.2, 0) is 10.0 Å². The van der Waals surface area contributed by atoms with Crippen LogP contribution in [0.5, 0.6) is 5.75 Å². The summed E-state index contributed by atoms with van der Waals surface area (Å²) in [6.07, 6.45) is 0. The van der Waals surface area contributed by atoms with E-state index in [-0.39, 0.29) is 4.90 Å². The summed E-state index contributed by atoms with van der Waals surface area (Å²) in [6, 6.07) is 6.47. The molecular formula is C13H10F3NO3S. The van der Waals surface area contributed by atoms with Crippen molar-refractivity contribution >= 4 is 15.7 Å². The van der Waals surface area contributed by atoms with Crippen molar-refractivity contribution in [3.63, 3.8) is 0 Å². The molecule has 4 nitrogen and oxygen atoms in total. The molecule has 112 valence electrons. The van der Waals surface area contributed by atoms with E-state index in [0.29, 0.717) is 17.9 Å². The Bertz CT molecular complexity index is 738. The average Bonchev–Trinajstić information content (AvgIpc) is 2.44. The molecule has 8 heteroatoms. The van der Waals surface area contributed by atoms with Crippen LogP contribution in [0.15, 0.2) is 41.3 Å². The van der Waals surface area contributed by atoms with Crippen LogP contribution in [0, 0.1) is 17.5 Å². The van der Waals surface area contributed by atoms with Gasteiger partial charge in [-0.15, -0.1) is 0 Å². The normalized spacial score (nSPS) is 11.2. The van der Waals surface area contributed by atoms with Crippen molar-refractivity contribution < 1.29 is 26.3 Å². The van der Waals surface area contributed by atoms with Gasteiger partial charge in [0.1, 0.15) is 5.75 Å². The van der Waals surface area contributed by atoms with Gasteiger partial charge in [-0.25, -0.2) is 21.6 Å². The molecule has 0 aliphatic heterocycles. The Labute approximate surface area is 119 Å². The standard InChI is InChI=1S/C13H10F3NO3S/c1-20-9-2-4-10(5-3-9)21(18,19)17-8-6-11(14)13(16)12(15)7-8/h2-7,17H,1H3. The fourth-order valence-electron chi connectivity index (χ4n) is 1.58. The second kappa shape index (κ2) is 5.65. The van der Waals surface area contributed by atoms with Crippen LogP contribution in [0.2, 0.25) is 0 Å². The fraction of sp³-hybridized carbons (Fsp3) is 0.0769. The molecule has 0 aromatic heterocycles. The van der Waals surface area contributed by atoms with Crippen molar-refractivity contribution in [2.45, 2.75) is 4.90 Å². The number of benzene rings is 2. The van der Waals surface area contributed by atoms with E-state index in [4.69, 9.17) is 4.74 Å². The molecule has 0 fully saturated rings. The Hall–Kier alpha value is -2.22. The number of hydrogen-bond acceptors (Lipinski definition) is 3. The highest BCUT2D eigenvalue weighted by Crippen LogP contribution is 2.22. The summed E-state index contributed by atoms with van der Waals surface area (Å²) in [5.74, 6) is -4.18. The van der Waals surface area contributed by atoms with Gasteiger partial charge in [-0.2, -0.15) is 0 Å². The number of nitrogens with one attached hydrogen (secondary N) is 1. The zero-order valence-corrected chi connectivity index (χ0v) is 11.5. The van der Waals surface area contributed by atoms with E-state index in [2.05, 4.69) is 0 Å². The molecule has 2 aromatic carbocycles. The first-order valence-electron chi connectivity index (χ1n) is 5.65. The molecule has 21 heavy (non-hydrogen) atoms. The lowest BCUT2D eigenvalue weighted by atomic mass is 10.3. The van der Waals surface area contributed by atoms with E-state index in [0.717, 1.165) is 0 Å². The summed E-state index contributed by atoms with van der Waals surface area (Å²) in [4.78, 5) is -0.131. The van der Waals surface area contributed by atoms with Gasteiger partial charge < -0.3 is 4.74 Å². The largest absolute Gasteiger partial charge is 0.497 e. The molecule has 0 bridgehead atoms. The summed E-state index contributed by atoms with van der Waals surface area (Å²) >= 11 is 0. The highest BCUT2D eigenvalue weighted by Gasteiger charge is 2.17. The summed E-state index contributed by atoms with van der Waals surface area (Å²) in [6.45, 7) is 0. The van der Waals surface area contributed by atoms with Gasteiger partial charge in [-0.1, -0.05) is 0 Å². The van der Waals surface area contributed by atoms with Crippen molar-refractivity contribution in [2.24, 2.45) is 0 Å². The highest BCUT2D eigenvalue weighted by atomic mass is 32.2. The highest BCUT2D eigenvalue weighted by molar-refractivity contribution is 7.92. The number of rotatable bonds is 4. The van der Waals surface area contributed by atoms with Crippen molar-refractivity contribution in [3.05, 3.63) is 53.8 Å². The van der Waals surface area contributed by atoms with Crippen LogP contribution in [-0.4, -0.2) is 15.5 Å². The topological polar surface area (TPSA) is 55.4 Å². The van der Waals surface area contributed by atoms with E-state index in [1.165, 1.54) is 31.4 Å². The molecule has 2 rings (SSSR count). The quantitative estimate of drug-likeness (QED) is 0.882. The van der Waals surface area contributed by atoms with Gasteiger partial charge in [-0.05, 0) is 24.3 Å². The summed E-state index contributed by atoms with van der Waals surface area (Å²) in [5.41, 5.74) is -0.415. The minimum absolute atomic E-state index is 0.131. The Kier molecular flexibility index (Phi) is 4.08. The first-order valence-corrected chi connectivity index (χ1v) is 7.13. The summed E-state index contributed by atoms with van der Waals surface area (Å²) < 4.78 is 69.8. The monoisotopic (exact) mass is 317 g/mol. The third-order valence-corrected chi connectivity index (χ3v) is 4.00. The fourth-order valence-corrected chi connectivity index (χ4v) is 2.62. The lowest BCUT2D eigenvalue weighted by Crippen LogP contribution is -2.13. The first kappa shape index (κ1) is 15.2. The second-order valence-corrected chi connectivity index (χ2v) is 5.72. The van der Waals surface area contributed by atoms with Crippen LogP contribution < -0.4 is 9.46 Å². The van der Waals surface area contributed by atoms with Crippen LogP contribution >= 0.6 is 0 Å². The maximum absolute atomic E-state index is 13.1. The number of halogens is 3. The van der Waals surface area contributed by atoms with Crippen molar-refractivity contribution in [2.75, 3.05) is 11.8 Å². The predicted octanol–water partition coefficient (Wildman–Crippen LogP) is 2.91. The number of anilines is 1. The van der Waals surface area contributed by atoms with Gasteiger partial charge in [0, 0.05) is 12.1 Å². The van der Waals surface area contributed by atoms with E-state index in [9.17, 15) is 21.6 Å². The molecule has 2 aromatic rings. The van der Waals surface area contributed by atoms with E-state index in [1.54, 1.807) is 0 Å². The Balaban J connectivity index is 2.32. The molecule has 0 aliphatic rings. The molecule has 0 atom stereocenters. The minimum atomic E-state index is -4.05. The molecule has 0 spiro atoms. The molecule has 0 unspecified atom stereocenters. The number of ether oxygens (including phenoxy) is 1. The molecule has 0 radical (unpaired) electrons. The van der Waals surface area contributed by atoms with Gasteiger partial charge in [-0.3, -0.25) is 4.72 Å². The van der Waals surface area contributed by atoms with Crippen molar-refractivity contribution in [1.29, 1.82) is 0 Å². The molecule has 0 aliphatic carbocycles. The first-order chi connectivity index (χ1) is 9.83. The molecular weight excluding hydrogens is 307 g/mol. The van der Waals surface area contributed by atoms with Gasteiger partial charge in [0.15, 0.2) is 17.5 Å². The zero-order chi connectivity index (χ0) is 15.6. The lowest BCUT2D eigenvalue weighted by Gasteiger charge is -2.09. The number of methoxy groups -OCH3 is 1. The van der Waals surface area contributed by atoms with E-state index < -0.39 is 33.2 Å². The van der Waals surface area contributed by atoms with E-state index in [1.807, 2.05) is 4.72 Å². The average molecular weight is 317 g/mol. The predicted molar refractivity (Wildman–Crippen MR) is 70.1 cm³/mol. The van der Waals surface area contributed by atoms with Crippen molar-refractivity contribution in [1.82, 2.24) is 0 Å². The van der Waals surface area contributed by atoms with Gasteiger partial charge >= 0.3 is 0 Å². The summed E-state index contributed by atoms with van der Waals surface area (Å²) in [7, 11) is -2.62. The minimum Gasteiger partial charge on any atom is -0.497 e. The van der Waals surface area contributed by atoms with Crippen LogP contribution in [0.25, 0.3) is 0 Å². The Morgan fingerprint density at radius 1 is 1.00 bits per heavy atom. The molecule has 0 heterocycles. The van der Waals surface area contributed by atoms with Crippen molar-refractivity contribution in [3.8, 4) is 5.75 Å². The van der Waals surface area contributed by atoms with Gasteiger partial charge in [0.2, 0.25) is 0 Å².